The first-order valence-corrected chi connectivity index (χ1v) is 10.2. The van der Waals surface area contributed by atoms with E-state index in [9.17, 15) is 40.9 Å². The molecule has 0 saturated carbocycles. The zero-order chi connectivity index (χ0) is 24.7. The van der Waals surface area contributed by atoms with Crippen molar-refractivity contribution in [3.05, 3.63) is 41.2 Å². The molecule has 0 radical (unpaired) electrons. The molecule has 1 saturated heterocycles. The van der Waals surface area contributed by atoms with E-state index in [-0.39, 0.29) is 39.9 Å². The summed E-state index contributed by atoms with van der Waals surface area (Å²) >= 11 is 0. The Hall–Kier alpha value is -3.42. The Kier molecular flexibility index (Phi) is 6.34. The second kappa shape index (κ2) is 9.08. The maximum absolute atomic E-state index is 12.1. The number of phenols is 3. The summed E-state index contributed by atoms with van der Waals surface area (Å²) in [5.41, 5.74) is 0.378. The van der Waals surface area contributed by atoms with Crippen LogP contribution >= 0.6 is 0 Å². The van der Waals surface area contributed by atoms with Crippen LogP contribution in [0.2, 0.25) is 0 Å². The van der Waals surface area contributed by atoms with Crippen molar-refractivity contribution in [2.45, 2.75) is 36.8 Å². The van der Waals surface area contributed by atoms with Crippen LogP contribution in [0.4, 0.5) is 0 Å². The van der Waals surface area contributed by atoms with Crippen molar-refractivity contribution < 1.29 is 59.8 Å². The van der Waals surface area contributed by atoms with E-state index in [1.54, 1.807) is 0 Å². The van der Waals surface area contributed by atoms with E-state index in [2.05, 4.69) is 4.74 Å². The number of ether oxygens (including phenoxy) is 4. The third-order valence-corrected chi connectivity index (χ3v) is 5.64. The van der Waals surface area contributed by atoms with Crippen LogP contribution in [0.5, 0.6) is 34.5 Å². The maximum Gasteiger partial charge on any atom is 0.270 e. The Labute approximate surface area is 192 Å². The standard InChI is InChI=1S/C22H24O12/c1-31-14-3-8(2-12(26)17(14)27)21-15(6-10-11(25)4-9(24)5-13(10)32-21)33-22-20(30)19(29)18(28)16(7-23)34-22/h2-6,16,18-30H,7H2,1H3/t16-,18-,19+,20-,21?,22-/m1/s1. The highest BCUT2D eigenvalue weighted by Gasteiger charge is 2.46. The first kappa shape index (κ1) is 23.7. The summed E-state index contributed by atoms with van der Waals surface area (Å²) in [6.45, 7) is -0.670. The molecule has 4 rings (SSSR count). The predicted octanol–water partition coefficient (Wildman–Crippen LogP) is -0.961. The van der Waals surface area contributed by atoms with E-state index in [0.29, 0.717) is 0 Å². The fourth-order valence-electron chi connectivity index (χ4n) is 3.84. The van der Waals surface area contributed by atoms with Gasteiger partial charge in [-0.2, -0.15) is 0 Å². The van der Waals surface area contributed by atoms with Crippen molar-refractivity contribution in [1.29, 1.82) is 0 Å². The van der Waals surface area contributed by atoms with E-state index in [1.807, 2.05) is 0 Å². The van der Waals surface area contributed by atoms with E-state index < -0.39 is 54.9 Å². The SMILES string of the molecule is COc1cc(C2[OH+]c3cc(O)cc(O)c3C=C2O[C@@H]2O[C@H](CO)[C@@H](O)[C@H](O)[C@H]2O)cc(O)c1[O-]. The summed E-state index contributed by atoms with van der Waals surface area (Å²) in [4.78, 5) is 0. The lowest BCUT2D eigenvalue weighted by molar-refractivity contribution is -0.295. The largest absolute Gasteiger partial charge is 0.867 e. The van der Waals surface area contributed by atoms with Gasteiger partial charge in [0, 0.05) is 12.1 Å². The molecule has 2 aliphatic heterocycles. The van der Waals surface area contributed by atoms with Crippen molar-refractivity contribution in [3.63, 3.8) is 0 Å². The molecule has 0 amide bonds. The third kappa shape index (κ3) is 4.13. The molecule has 34 heavy (non-hydrogen) atoms. The Morgan fingerprint density at radius 2 is 1.74 bits per heavy atom. The lowest BCUT2D eigenvalue weighted by atomic mass is 9.98. The van der Waals surface area contributed by atoms with Gasteiger partial charge in [0.15, 0.2) is 5.76 Å². The topological polar surface area (TPSA) is 205 Å². The van der Waals surface area contributed by atoms with Crippen molar-refractivity contribution in [2.75, 3.05) is 13.7 Å². The van der Waals surface area contributed by atoms with Crippen LogP contribution < -0.4 is 9.84 Å². The molecule has 0 aliphatic carbocycles. The predicted molar refractivity (Wildman–Crippen MR) is 111 cm³/mol. The van der Waals surface area contributed by atoms with Gasteiger partial charge in [0.2, 0.25) is 6.29 Å². The molecule has 12 nitrogen and oxygen atoms in total. The highest BCUT2D eigenvalue weighted by Crippen LogP contribution is 2.47. The Bertz CT molecular complexity index is 1100. The number of aliphatic hydroxyl groups excluding tert-OH is 4. The molecule has 0 bridgehead atoms. The van der Waals surface area contributed by atoms with Gasteiger partial charge in [-0.1, -0.05) is 0 Å². The van der Waals surface area contributed by atoms with Crippen molar-refractivity contribution in [2.24, 2.45) is 0 Å². The zero-order valence-electron chi connectivity index (χ0n) is 17.8. The molecule has 2 aromatic carbocycles. The van der Waals surface area contributed by atoms with Crippen LogP contribution in [0.25, 0.3) is 6.08 Å². The van der Waals surface area contributed by atoms with Gasteiger partial charge in [0.05, 0.1) is 25.3 Å². The Morgan fingerprint density at radius 3 is 2.41 bits per heavy atom. The van der Waals surface area contributed by atoms with Gasteiger partial charge in [-0.3, -0.25) is 0 Å². The minimum absolute atomic E-state index is 0.0436. The number of methoxy groups -OCH3 is 1. The average molecular weight is 480 g/mol. The number of aliphatic hydroxyl groups is 5. The minimum Gasteiger partial charge on any atom is -0.867 e. The summed E-state index contributed by atoms with van der Waals surface area (Å²) in [6.07, 6.45) is -7.55. The number of aromatic hydroxyl groups is 4. The number of hydrogen-bond donors (Lipinski definition) is 7. The lowest BCUT2D eigenvalue weighted by Gasteiger charge is -2.40. The summed E-state index contributed by atoms with van der Waals surface area (Å²) in [7, 11) is 1.24. The smallest absolute Gasteiger partial charge is 0.270 e. The van der Waals surface area contributed by atoms with Crippen molar-refractivity contribution >= 4 is 6.08 Å². The van der Waals surface area contributed by atoms with Crippen molar-refractivity contribution in [3.8, 4) is 34.5 Å². The molecule has 1 unspecified atom stereocenters. The summed E-state index contributed by atoms with van der Waals surface area (Å²) in [5.74, 6) is -2.03. The molecular weight excluding hydrogens is 456 g/mol. The maximum atomic E-state index is 12.1. The van der Waals surface area contributed by atoms with Crippen LogP contribution in [0.1, 0.15) is 17.2 Å². The number of phenolic OH excluding ortho intramolecular Hbond substituents is 3. The third-order valence-electron chi connectivity index (χ3n) is 5.64. The highest BCUT2D eigenvalue weighted by molar-refractivity contribution is 5.69. The molecule has 2 heterocycles. The highest BCUT2D eigenvalue weighted by atomic mass is 16.7. The van der Waals surface area contributed by atoms with Crippen LogP contribution in [0.15, 0.2) is 30.0 Å². The second-order valence-corrected chi connectivity index (χ2v) is 7.86. The van der Waals surface area contributed by atoms with Gasteiger partial charge < -0.3 is 59.8 Å². The first-order valence-electron chi connectivity index (χ1n) is 10.2. The fourth-order valence-corrected chi connectivity index (χ4v) is 3.84. The normalized spacial score (nSPS) is 28.4. The molecule has 184 valence electrons. The lowest BCUT2D eigenvalue weighted by Crippen LogP contribution is -2.59. The number of rotatable bonds is 5. The quantitative estimate of drug-likeness (QED) is 0.259. The van der Waals surface area contributed by atoms with Gasteiger partial charge in [0.1, 0.15) is 53.0 Å². The molecule has 2 aliphatic rings. The number of benzene rings is 2. The van der Waals surface area contributed by atoms with Gasteiger partial charge in [0.25, 0.3) is 11.9 Å². The molecule has 8 N–H and O–H groups in total. The van der Waals surface area contributed by atoms with Crippen LogP contribution in [-0.4, -0.2) is 84.9 Å². The van der Waals surface area contributed by atoms with E-state index in [1.165, 1.54) is 25.3 Å². The van der Waals surface area contributed by atoms with Crippen LogP contribution in [0.3, 0.4) is 0 Å². The monoisotopic (exact) mass is 480 g/mol. The minimum atomic E-state index is -1.72. The van der Waals surface area contributed by atoms with E-state index >= 15 is 0 Å². The molecule has 6 atom stereocenters. The van der Waals surface area contributed by atoms with Gasteiger partial charge in [-0.05, 0) is 17.9 Å². The van der Waals surface area contributed by atoms with Crippen LogP contribution in [-0.2, 0) is 9.47 Å². The van der Waals surface area contributed by atoms with Gasteiger partial charge >= 0.3 is 0 Å². The average Bonchev–Trinajstić information content (AvgIpc) is 2.81. The zero-order valence-corrected chi connectivity index (χ0v) is 17.8. The molecule has 12 heteroatoms. The van der Waals surface area contributed by atoms with Crippen molar-refractivity contribution in [1.82, 2.24) is 0 Å². The molecule has 0 spiro atoms. The fraction of sp³-hybridized carbons (Fsp3) is 0.364. The number of hydrogen-bond acceptors (Lipinski definition) is 11. The van der Waals surface area contributed by atoms with Crippen LogP contribution in [0, 0.1) is 0 Å². The Morgan fingerprint density at radius 1 is 1.00 bits per heavy atom. The van der Waals surface area contributed by atoms with Gasteiger partial charge in [-0.25, -0.2) is 0 Å². The number of fused-ring (bicyclic) bond motifs is 1. The summed E-state index contributed by atoms with van der Waals surface area (Å²) in [5, 5.41) is 82.2. The van der Waals surface area contributed by atoms with E-state index in [4.69, 9.17) is 14.2 Å². The van der Waals surface area contributed by atoms with Gasteiger partial charge in [-0.15, -0.1) is 0 Å². The first-order chi connectivity index (χ1) is 16.1. The molecule has 1 fully saturated rings. The molecule has 2 aromatic rings. The summed E-state index contributed by atoms with van der Waals surface area (Å²) < 4.78 is 20.7. The van der Waals surface area contributed by atoms with E-state index in [0.717, 1.165) is 12.1 Å². The second-order valence-electron chi connectivity index (χ2n) is 7.86. The summed E-state index contributed by atoms with van der Waals surface area (Å²) in [6, 6.07) is 4.81. The Balaban J connectivity index is 1.77. The molecule has 0 aromatic heterocycles. The molecular formula is C22H24O12.